The fourth-order valence-electron chi connectivity index (χ4n) is 2.27. The van der Waals surface area contributed by atoms with Crippen molar-refractivity contribution in [3.05, 3.63) is 65.2 Å². The molecule has 0 spiro atoms. The van der Waals surface area contributed by atoms with Crippen LogP contribution < -0.4 is 10.6 Å². The van der Waals surface area contributed by atoms with Crippen LogP contribution in [0.4, 0.5) is 10.5 Å². The maximum Gasteiger partial charge on any atom is 0.409 e. The molecule has 0 radical (unpaired) electrons. The van der Waals surface area contributed by atoms with Crippen molar-refractivity contribution in [2.45, 2.75) is 26.9 Å². The summed E-state index contributed by atoms with van der Waals surface area (Å²) in [5.41, 5.74) is 3.35. The van der Waals surface area contributed by atoms with E-state index in [0.29, 0.717) is 5.56 Å². The molecular weight excluding hydrogens is 304 g/mol. The molecule has 24 heavy (non-hydrogen) atoms. The van der Waals surface area contributed by atoms with Gasteiger partial charge in [0.15, 0.2) is 6.17 Å². The standard InChI is InChI=1S/C19H22N2O3/c1-4-24-19(23)21-18(17(22)15-8-6-5-7-9-15)20-16-12-13(2)10-11-14(16)3/h5-12,18,20H,4H2,1-3H3,(H,21,23)/t18-/m0/s1. The highest BCUT2D eigenvalue weighted by Gasteiger charge is 2.23. The van der Waals surface area contributed by atoms with Crippen molar-refractivity contribution in [2.24, 2.45) is 0 Å². The number of Topliss-reactive ketones (excluding diaryl/α,β-unsaturated/α-hetero) is 1. The lowest BCUT2D eigenvalue weighted by atomic mass is 10.1. The topological polar surface area (TPSA) is 67.4 Å². The van der Waals surface area contributed by atoms with Crippen molar-refractivity contribution in [1.82, 2.24) is 5.32 Å². The molecule has 0 saturated heterocycles. The van der Waals surface area contributed by atoms with E-state index in [0.717, 1.165) is 16.8 Å². The first-order valence-electron chi connectivity index (χ1n) is 7.87. The van der Waals surface area contributed by atoms with Gasteiger partial charge in [-0.25, -0.2) is 4.79 Å². The minimum absolute atomic E-state index is 0.232. The lowest BCUT2D eigenvalue weighted by molar-refractivity contribution is 0.0938. The van der Waals surface area contributed by atoms with E-state index in [9.17, 15) is 9.59 Å². The molecule has 0 aliphatic rings. The monoisotopic (exact) mass is 326 g/mol. The molecule has 0 aromatic heterocycles. The van der Waals surface area contributed by atoms with Crippen molar-refractivity contribution in [3.8, 4) is 0 Å². The maximum absolute atomic E-state index is 12.8. The van der Waals surface area contributed by atoms with Gasteiger partial charge in [-0.15, -0.1) is 0 Å². The van der Waals surface area contributed by atoms with Crippen molar-refractivity contribution in [2.75, 3.05) is 11.9 Å². The quantitative estimate of drug-likeness (QED) is 0.628. The summed E-state index contributed by atoms with van der Waals surface area (Å²) in [5.74, 6) is -0.232. The summed E-state index contributed by atoms with van der Waals surface area (Å²) >= 11 is 0. The van der Waals surface area contributed by atoms with Crippen molar-refractivity contribution < 1.29 is 14.3 Å². The molecule has 0 saturated carbocycles. The number of amides is 1. The van der Waals surface area contributed by atoms with Crippen LogP contribution in [0.1, 0.15) is 28.4 Å². The number of rotatable bonds is 6. The van der Waals surface area contributed by atoms with Gasteiger partial charge in [0.25, 0.3) is 0 Å². The molecular formula is C19H22N2O3. The molecule has 2 rings (SSSR count). The Morgan fingerprint density at radius 1 is 1.08 bits per heavy atom. The third kappa shape index (κ3) is 4.59. The molecule has 0 aliphatic carbocycles. The van der Waals surface area contributed by atoms with E-state index in [1.165, 1.54) is 0 Å². The number of ketones is 1. The molecule has 0 aliphatic heterocycles. The molecule has 0 heterocycles. The zero-order valence-corrected chi connectivity index (χ0v) is 14.1. The van der Waals surface area contributed by atoms with Crippen molar-refractivity contribution in [1.29, 1.82) is 0 Å². The zero-order valence-electron chi connectivity index (χ0n) is 14.1. The number of alkyl carbamates (subject to hydrolysis) is 1. The van der Waals surface area contributed by atoms with E-state index < -0.39 is 12.3 Å². The molecule has 0 fully saturated rings. The summed E-state index contributed by atoms with van der Waals surface area (Å²) in [7, 11) is 0. The number of nitrogens with one attached hydrogen (secondary N) is 2. The number of carbonyl (C=O) groups excluding carboxylic acids is 2. The highest BCUT2D eigenvalue weighted by atomic mass is 16.5. The summed E-state index contributed by atoms with van der Waals surface area (Å²) in [5, 5.41) is 5.70. The number of anilines is 1. The fraction of sp³-hybridized carbons (Fsp3) is 0.263. The van der Waals surface area contributed by atoms with Gasteiger partial charge in [-0.1, -0.05) is 42.5 Å². The second-order valence-corrected chi connectivity index (χ2v) is 5.49. The Morgan fingerprint density at radius 3 is 2.46 bits per heavy atom. The average molecular weight is 326 g/mol. The average Bonchev–Trinajstić information content (AvgIpc) is 2.58. The third-order valence-corrected chi connectivity index (χ3v) is 3.55. The Balaban J connectivity index is 2.27. The lowest BCUT2D eigenvalue weighted by Gasteiger charge is -2.21. The van der Waals surface area contributed by atoms with Gasteiger partial charge < -0.3 is 10.1 Å². The lowest BCUT2D eigenvalue weighted by Crippen LogP contribution is -2.46. The molecule has 126 valence electrons. The first-order chi connectivity index (χ1) is 11.5. The first kappa shape index (κ1) is 17.5. The summed E-state index contributed by atoms with van der Waals surface area (Å²) in [6.45, 7) is 5.86. The van der Waals surface area contributed by atoms with E-state index in [1.54, 1.807) is 31.2 Å². The number of hydrogen-bond acceptors (Lipinski definition) is 4. The highest BCUT2D eigenvalue weighted by molar-refractivity contribution is 6.02. The van der Waals surface area contributed by atoms with Crippen LogP contribution in [0.2, 0.25) is 0 Å². The Morgan fingerprint density at radius 2 is 1.79 bits per heavy atom. The minimum Gasteiger partial charge on any atom is -0.450 e. The van der Waals surface area contributed by atoms with Crippen LogP contribution in [0.15, 0.2) is 48.5 Å². The first-order valence-corrected chi connectivity index (χ1v) is 7.87. The Hall–Kier alpha value is -2.82. The van der Waals surface area contributed by atoms with Crippen LogP contribution in [-0.4, -0.2) is 24.6 Å². The largest absolute Gasteiger partial charge is 0.450 e. The van der Waals surface area contributed by atoms with Gasteiger partial charge in [0.1, 0.15) is 0 Å². The van der Waals surface area contributed by atoms with E-state index in [1.807, 2.05) is 38.1 Å². The number of benzene rings is 2. The van der Waals surface area contributed by atoms with Crippen LogP contribution in [0.3, 0.4) is 0 Å². The summed E-state index contributed by atoms with van der Waals surface area (Å²) in [4.78, 5) is 24.6. The second-order valence-electron chi connectivity index (χ2n) is 5.49. The Bertz CT molecular complexity index is 714. The molecule has 1 amide bonds. The summed E-state index contributed by atoms with van der Waals surface area (Å²) in [6, 6.07) is 14.7. The molecule has 5 heteroatoms. The predicted molar refractivity (Wildman–Crippen MR) is 94.3 cm³/mol. The van der Waals surface area contributed by atoms with Gasteiger partial charge in [-0.05, 0) is 38.0 Å². The van der Waals surface area contributed by atoms with Gasteiger partial charge in [0.05, 0.1) is 6.61 Å². The molecule has 0 bridgehead atoms. The normalized spacial score (nSPS) is 11.5. The van der Waals surface area contributed by atoms with E-state index >= 15 is 0 Å². The molecule has 1 atom stereocenters. The minimum atomic E-state index is -0.910. The van der Waals surface area contributed by atoms with Gasteiger partial charge in [-0.2, -0.15) is 0 Å². The van der Waals surface area contributed by atoms with Gasteiger partial charge in [0.2, 0.25) is 5.78 Å². The van der Waals surface area contributed by atoms with Crippen LogP contribution in [0, 0.1) is 13.8 Å². The number of aryl methyl sites for hydroxylation is 2. The SMILES string of the molecule is CCOC(=O)N[C@H](Nc1cc(C)ccc1C)C(=O)c1ccccc1. The molecule has 2 aromatic carbocycles. The van der Waals surface area contributed by atoms with E-state index in [4.69, 9.17) is 4.74 Å². The van der Waals surface area contributed by atoms with Gasteiger partial charge in [0, 0.05) is 11.3 Å². The number of ether oxygens (including phenoxy) is 1. The van der Waals surface area contributed by atoms with Gasteiger partial charge >= 0.3 is 6.09 Å². The zero-order chi connectivity index (χ0) is 17.5. The van der Waals surface area contributed by atoms with Crippen LogP contribution in [0.5, 0.6) is 0 Å². The second kappa shape index (κ2) is 8.15. The third-order valence-electron chi connectivity index (χ3n) is 3.55. The Labute approximate surface area is 142 Å². The fourth-order valence-corrected chi connectivity index (χ4v) is 2.27. The highest BCUT2D eigenvalue weighted by Crippen LogP contribution is 2.18. The summed E-state index contributed by atoms with van der Waals surface area (Å²) < 4.78 is 4.91. The molecule has 0 unspecified atom stereocenters. The maximum atomic E-state index is 12.8. The molecule has 5 nitrogen and oxygen atoms in total. The van der Waals surface area contributed by atoms with Crippen LogP contribution >= 0.6 is 0 Å². The molecule has 2 aromatic rings. The van der Waals surface area contributed by atoms with E-state index in [2.05, 4.69) is 10.6 Å². The van der Waals surface area contributed by atoms with Crippen LogP contribution in [-0.2, 0) is 4.74 Å². The smallest absolute Gasteiger partial charge is 0.409 e. The predicted octanol–water partition coefficient (Wildman–Crippen LogP) is 3.67. The van der Waals surface area contributed by atoms with Gasteiger partial charge in [-0.3, -0.25) is 10.1 Å². The number of carbonyl (C=O) groups is 2. The number of hydrogen-bond donors (Lipinski definition) is 2. The van der Waals surface area contributed by atoms with Crippen molar-refractivity contribution >= 4 is 17.6 Å². The van der Waals surface area contributed by atoms with E-state index in [-0.39, 0.29) is 12.4 Å². The Kier molecular flexibility index (Phi) is 5.95. The summed E-state index contributed by atoms with van der Waals surface area (Å²) in [6.07, 6.45) is -1.54. The van der Waals surface area contributed by atoms with Crippen LogP contribution in [0.25, 0.3) is 0 Å². The van der Waals surface area contributed by atoms with Crippen molar-refractivity contribution in [3.63, 3.8) is 0 Å². The molecule has 2 N–H and O–H groups in total.